The molecule has 0 saturated heterocycles. The fourth-order valence-corrected chi connectivity index (χ4v) is 16.4. The number of hydrogen-bond acceptors (Lipinski definition) is 2. The molecule has 0 aliphatic rings. The van der Waals surface area contributed by atoms with Gasteiger partial charge in [0.05, 0.1) is 0 Å². The van der Waals surface area contributed by atoms with Crippen LogP contribution in [0, 0.1) is 20.8 Å². The van der Waals surface area contributed by atoms with Crippen LogP contribution >= 0.6 is 0 Å². The van der Waals surface area contributed by atoms with Gasteiger partial charge in [-0.1, -0.05) is 0 Å². The zero-order valence-corrected chi connectivity index (χ0v) is 27.9. The molecule has 0 bridgehead atoms. The Morgan fingerprint density at radius 3 is 1.27 bits per heavy atom. The number of aliphatic carboxylic acids is 1. The first-order valence-corrected chi connectivity index (χ1v) is 25.8. The van der Waals surface area contributed by atoms with Gasteiger partial charge in [-0.2, -0.15) is 0 Å². The first kappa shape index (κ1) is 29.3. The van der Waals surface area contributed by atoms with E-state index >= 15 is 0 Å². The fraction of sp³-hybridized carbons (Fsp3) is 0.242. The van der Waals surface area contributed by atoms with Crippen LogP contribution in [-0.2, 0) is 4.79 Å². The van der Waals surface area contributed by atoms with Crippen molar-refractivity contribution in [3.63, 3.8) is 0 Å². The molecule has 0 fully saturated rings. The summed E-state index contributed by atoms with van der Waals surface area (Å²) in [5.74, 6) is -1.01. The predicted molar refractivity (Wildman–Crippen MR) is 160 cm³/mol. The van der Waals surface area contributed by atoms with Crippen LogP contribution in [-0.4, -0.2) is 39.0 Å². The van der Waals surface area contributed by atoms with Crippen LogP contribution in [0.4, 0.5) is 0 Å². The van der Waals surface area contributed by atoms with E-state index in [1.165, 1.54) is 29.9 Å². The maximum absolute atomic E-state index is 12.2. The normalized spacial score (nSPS) is 11.7. The van der Waals surface area contributed by atoms with Gasteiger partial charge in [0.2, 0.25) is 0 Å². The number of aryl methyl sites for hydroxylation is 3. The Kier molecular flexibility index (Phi) is 10.7. The molecule has 0 spiro atoms. The molecule has 4 rings (SSSR count). The summed E-state index contributed by atoms with van der Waals surface area (Å²) in [6.07, 6.45) is -0.0142. The van der Waals surface area contributed by atoms with E-state index in [9.17, 15) is 9.90 Å². The molecule has 4 aromatic carbocycles. The molecule has 0 N–H and O–H groups in total. The van der Waals surface area contributed by atoms with E-state index < -0.39 is 39.0 Å². The second-order valence-corrected chi connectivity index (χ2v) is 27.5. The van der Waals surface area contributed by atoms with Gasteiger partial charge < -0.3 is 0 Å². The fourth-order valence-electron chi connectivity index (χ4n) is 4.93. The number of carbonyl (C=O) groups is 1. The second-order valence-electron chi connectivity index (χ2n) is 10.4. The Morgan fingerprint density at radius 1 is 0.649 bits per heavy atom. The minimum absolute atomic E-state index is 0.0142. The molecule has 0 aromatic heterocycles. The van der Waals surface area contributed by atoms with Crippen molar-refractivity contribution >= 4 is 52.2 Å². The summed E-state index contributed by atoms with van der Waals surface area (Å²) < 4.78 is 3.58. The van der Waals surface area contributed by atoms with E-state index in [4.69, 9.17) is 0 Å². The SMILES string of the molecule is Cc1cc[c]([Ge]([c]2ccc(C)cc2)([c]2ccc(C)cc2)[CH](CC(=O)[O-])c2ccccc2)cc1.[CH3][Sn+]([CH3])[CH3]. The number of carboxylic acid groups (broad SMARTS) is 1. The molecule has 0 radical (unpaired) electrons. The standard InChI is InChI=1S/C30H30GeO2.3CH3.Sn/c1-22-9-15-26(16-10-22)31(27-17-11-23(2)12-18-27,28-19-13-24(3)14-20-28)29(21-30(32)33)25-7-5-4-6-8-25;;;;/h4-20,29H,21H2,1-3H3,(H,32,33);3*1H3;/q;;;;+1/p-1. The summed E-state index contributed by atoms with van der Waals surface area (Å²) >= 11 is -4.14. The number of benzene rings is 4. The number of hydrogen-bond donors (Lipinski definition) is 0. The summed E-state index contributed by atoms with van der Waals surface area (Å²) in [5.41, 5.74) is 4.64. The summed E-state index contributed by atoms with van der Waals surface area (Å²) in [6, 6.07) is 36.4. The Labute approximate surface area is 232 Å². The van der Waals surface area contributed by atoms with Crippen LogP contribution in [0.15, 0.2) is 103 Å². The van der Waals surface area contributed by atoms with Crippen LogP contribution in [0.1, 0.15) is 33.4 Å². The predicted octanol–water partition coefficient (Wildman–Crippen LogP) is 4.92. The average Bonchev–Trinajstić information content (AvgIpc) is 2.86. The van der Waals surface area contributed by atoms with E-state index in [0.29, 0.717) is 0 Å². The minimum atomic E-state index is -3.59. The van der Waals surface area contributed by atoms with Crippen molar-refractivity contribution < 1.29 is 9.90 Å². The van der Waals surface area contributed by atoms with Gasteiger partial charge in [-0.05, 0) is 0 Å². The second kappa shape index (κ2) is 13.5. The molecule has 4 aromatic rings. The average molecular weight is 658 g/mol. The number of carboxylic acids is 1. The van der Waals surface area contributed by atoms with Crippen molar-refractivity contribution in [2.45, 2.75) is 46.8 Å². The molecular formula is C33H38GeO2Sn. The van der Waals surface area contributed by atoms with Crippen LogP contribution in [0.2, 0.25) is 14.8 Å². The summed E-state index contributed by atoms with van der Waals surface area (Å²) in [7, 11) is 0. The molecule has 2 nitrogen and oxygen atoms in total. The van der Waals surface area contributed by atoms with Crippen molar-refractivity contribution in [2.75, 3.05) is 0 Å². The first-order chi connectivity index (χ1) is 17.6. The van der Waals surface area contributed by atoms with Gasteiger partial charge in [-0.25, -0.2) is 0 Å². The van der Waals surface area contributed by atoms with E-state index in [1.807, 2.05) is 18.2 Å². The zero-order valence-electron chi connectivity index (χ0n) is 22.9. The van der Waals surface area contributed by atoms with Gasteiger partial charge in [-0.15, -0.1) is 0 Å². The van der Waals surface area contributed by atoms with Crippen LogP contribution < -0.4 is 18.3 Å². The Bertz CT molecular complexity index is 1150. The van der Waals surface area contributed by atoms with Gasteiger partial charge in [0, 0.05) is 0 Å². The van der Waals surface area contributed by atoms with Crippen LogP contribution in [0.5, 0.6) is 0 Å². The molecular weight excluding hydrogens is 620 g/mol. The molecule has 0 aliphatic carbocycles. The molecule has 1 unspecified atom stereocenters. The van der Waals surface area contributed by atoms with E-state index in [2.05, 4.69) is 121 Å². The molecule has 1 atom stereocenters. The Morgan fingerprint density at radius 2 is 0.973 bits per heavy atom. The molecule has 0 heterocycles. The van der Waals surface area contributed by atoms with E-state index in [0.717, 1.165) is 5.56 Å². The molecule has 0 aliphatic heterocycles. The first-order valence-electron chi connectivity index (χ1n) is 12.9. The molecule has 0 saturated carbocycles. The summed E-state index contributed by atoms with van der Waals surface area (Å²) in [6.45, 7) is 6.27. The summed E-state index contributed by atoms with van der Waals surface area (Å²) in [4.78, 5) is 19.3. The third-order valence-electron chi connectivity index (χ3n) is 6.62. The maximum atomic E-state index is 12.2. The number of carbonyl (C=O) groups excluding carboxylic acids is 1. The van der Waals surface area contributed by atoms with Gasteiger partial charge in [0.15, 0.2) is 0 Å². The quantitative estimate of drug-likeness (QED) is 0.265. The van der Waals surface area contributed by atoms with Gasteiger partial charge in [0.25, 0.3) is 0 Å². The van der Waals surface area contributed by atoms with Crippen LogP contribution in [0.25, 0.3) is 0 Å². The summed E-state index contributed by atoms with van der Waals surface area (Å²) in [5, 5.41) is 12.2. The van der Waals surface area contributed by atoms with Crippen molar-refractivity contribution in [1.82, 2.24) is 0 Å². The molecule has 190 valence electrons. The monoisotopic (exact) mass is 660 g/mol. The van der Waals surface area contributed by atoms with Crippen molar-refractivity contribution in [2.24, 2.45) is 0 Å². The molecule has 4 heteroatoms. The Balaban J connectivity index is 0.000000886. The topological polar surface area (TPSA) is 40.1 Å². The van der Waals surface area contributed by atoms with Crippen molar-refractivity contribution in [3.05, 3.63) is 125 Å². The third-order valence-corrected chi connectivity index (χ3v) is 17.8. The van der Waals surface area contributed by atoms with Crippen molar-refractivity contribution in [1.29, 1.82) is 0 Å². The van der Waals surface area contributed by atoms with E-state index in [1.54, 1.807) is 0 Å². The van der Waals surface area contributed by atoms with Gasteiger partial charge >= 0.3 is 234 Å². The third kappa shape index (κ3) is 7.38. The van der Waals surface area contributed by atoms with Crippen molar-refractivity contribution in [3.8, 4) is 0 Å². The van der Waals surface area contributed by atoms with E-state index in [-0.39, 0.29) is 11.2 Å². The Hall–Kier alpha value is -2.31. The molecule has 0 amide bonds. The number of rotatable bonds is 7. The zero-order chi connectivity index (χ0) is 27.0. The van der Waals surface area contributed by atoms with Gasteiger partial charge in [-0.3, -0.25) is 0 Å². The van der Waals surface area contributed by atoms with Crippen LogP contribution in [0.3, 0.4) is 0 Å². The molecule has 37 heavy (non-hydrogen) atoms. The van der Waals surface area contributed by atoms with Gasteiger partial charge in [0.1, 0.15) is 0 Å².